The van der Waals surface area contributed by atoms with E-state index in [0.29, 0.717) is 0 Å². The molecule has 1 aliphatic rings. The SMILES string of the molecule is [Au+].[Au+].[C-]#Cc1ccc2c(c1)Cc1ccccc1-2.[C-]#Cc1ccc2c3ccccc3n(C)c2c1.c1ccc([PH+](c2ccccc2)c2ccccc2[PH+](c2ccccc2)c2ccccc2)cc1. The number of para-hydroxylation sites is 1. The van der Waals surface area contributed by atoms with E-state index in [1.165, 1.54) is 70.4 Å². The summed E-state index contributed by atoms with van der Waals surface area (Å²) in [5.74, 6) is 4.86. The molecule has 0 fully saturated rings. The Kier molecular flexibility index (Phi) is 16.3. The Hall–Kier alpha value is -5.76. The van der Waals surface area contributed by atoms with Crippen molar-refractivity contribution < 1.29 is 44.8 Å². The first kappa shape index (κ1) is 47.2. The molecule has 65 heavy (non-hydrogen) atoms. The van der Waals surface area contributed by atoms with Crippen LogP contribution in [0.4, 0.5) is 0 Å². The first-order valence-corrected chi connectivity index (χ1v) is 24.2. The van der Waals surface area contributed by atoms with Crippen LogP contribution in [-0.4, -0.2) is 4.57 Å². The van der Waals surface area contributed by atoms with E-state index in [0.717, 1.165) is 23.1 Å². The molecule has 11 rings (SSSR count). The molecular weight excluding hydrogens is 1190 g/mol. The topological polar surface area (TPSA) is 4.93 Å². The molecule has 0 N–H and O–H groups in total. The van der Waals surface area contributed by atoms with Crippen LogP contribution in [0.1, 0.15) is 22.3 Å². The van der Waals surface area contributed by atoms with Gasteiger partial charge >= 0.3 is 44.8 Å². The molecule has 0 bridgehead atoms. The predicted octanol–water partition coefficient (Wildman–Crippen LogP) is 11.1. The monoisotopic (exact) mass is 1240 g/mol. The number of benzene rings is 9. The van der Waals surface area contributed by atoms with Gasteiger partial charge in [0.1, 0.15) is 47.7 Å². The fraction of sp³-hybridized carbons (Fsp3) is 0.0333. The van der Waals surface area contributed by atoms with Gasteiger partial charge in [-0.25, -0.2) is 0 Å². The Labute approximate surface area is 417 Å². The largest absolute Gasteiger partial charge is 1.00 e. The van der Waals surface area contributed by atoms with Crippen LogP contribution in [0.2, 0.25) is 0 Å². The Morgan fingerprint density at radius 1 is 0.385 bits per heavy atom. The Bertz CT molecular complexity index is 3060. The van der Waals surface area contributed by atoms with E-state index < -0.39 is 15.8 Å². The zero-order valence-corrected chi connectivity index (χ0v) is 42.0. The second-order valence-corrected chi connectivity index (χ2v) is 20.4. The van der Waals surface area contributed by atoms with Crippen molar-refractivity contribution in [2.75, 3.05) is 0 Å². The number of hydrogen-bond acceptors (Lipinski definition) is 0. The first-order valence-electron chi connectivity index (χ1n) is 21.2. The van der Waals surface area contributed by atoms with Crippen LogP contribution >= 0.6 is 15.8 Å². The van der Waals surface area contributed by atoms with Gasteiger partial charge in [-0.15, -0.1) is 35.4 Å². The van der Waals surface area contributed by atoms with Crippen molar-refractivity contribution in [2.45, 2.75) is 6.42 Å². The summed E-state index contributed by atoms with van der Waals surface area (Å²) in [6.07, 6.45) is 15.3. The predicted molar refractivity (Wildman–Crippen MR) is 274 cm³/mol. The molecule has 1 aliphatic carbocycles. The van der Waals surface area contributed by atoms with Gasteiger partial charge in [0.05, 0.1) is 0 Å². The van der Waals surface area contributed by atoms with Crippen molar-refractivity contribution in [3.63, 3.8) is 0 Å². The van der Waals surface area contributed by atoms with E-state index in [9.17, 15) is 0 Å². The van der Waals surface area contributed by atoms with Crippen LogP contribution in [-0.2, 0) is 58.2 Å². The summed E-state index contributed by atoms with van der Waals surface area (Å²) in [5.41, 5.74) is 9.40. The Morgan fingerprint density at radius 3 is 1.31 bits per heavy atom. The van der Waals surface area contributed by atoms with Gasteiger partial charge in [-0.05, 0) is 89.8 Å². The third kappa shape index (κ3) is 10.4. The summed E-state index contributed by atoms with van der Waals surface area (Å²) in [6, 6.07) is 82.4. The van der Waals surface area contributed by atoms with Gasteiger partial charge in [0, 0.05) is 28.9 Å². The smallest absolute Gasteiger partial charge is 0.366 e. The van der Waals surface area contributed by atoms with Gasteiger partial charge in [0.15, 0.2) is 0 Å². The molecule has 0 aliphatic heterocycles. The number of nitrogens with zero attached hydrogens (tertiary/aromatic N) is 1. The summed E-state index contributed by atoms with van der Waals surface area (Å²) >= 11 is 0. The molecule has 10 aromatic rings. The molecule has 9 aromatic carbocycles. The fourth-order valence-electron chi connectivity index (χ4n) is 8.75. The van der Waals surface area contributed by atoms with Crippen LogP contribution < -0.4 is 31.8 Å². The molecule has 0 spiro atoms. The Morgan fingerprint density at radius 2 is 0.785 bits per heavy atom. The molecular formula is C60H45Au2NP2+2. The van der Waals surface area contributed by atoms with Gasteiger partial charge in [-0.1, -0.05) is 145 Å². The van der Waals surface area contributed by atoms with Crippen molar-refractivity contribution >= 4 is 69.5 Å². The average molecular weight is 1240 g/mol. The third-order valence-electron chi connectivity index (χ3n) is 11.7. The molecule has 0 amide bonds. The molecule has 1 nitrogen and oxygen atoms in total. The number of rotatable bonds is 6. The van der Waals surface area contributed by atoms with Crippen LogP contribution in [0.5, 0.6) is 0 Å². The van der Waals surface area contributed by atoms with Crippen molar-refractivity contribution in [1.29, 1.82) is 0 Å². The molecule has 0 atom stereocenters. The number of hydrogen-bond donors (Lipinski definition) is 0. The molecule has 0 saturated heterocycles. The first-order chi connectivity index (χ1) is 31.1. The van der Waals surface area contributed by atoms with Crippen molar-refractivity contribution in [3.8, 4) is 23.0 Å². The maximum atomic E-state index is 7.16. The zero-order chi connectivity index (χ0) is 43.0. The maximum Gasteiger partial charge on any atom is 1.00 e. The fourth-order valence-corrected chi connectivity index (χ4v) is 14.7. The second kappa shape index (κ2) is 22.4. The van der Waals surface area contributed by atoms with Gasteiger partial charge in [-0.2, -0.15) is 0 Å². The minimum absolute atomic E-state index is 0. The van der Waals surface area contributed by atoms with Crippen molar-refractivity contribution in [3.05, 3.63) is 266 Å². The molecule has 5 heteroatoms. The molecule has 320 valence electrons. The molecule has 1 aromatic heterocycles. The number of fused-ring (bicyclic) bond motifs is 6. The Balaban J connectivity index is 0.000000160. The number of aromatic nitrogens is 1. The minimum Gasteiger partial charge on any atom is -0.366 e. The van der Waals surface area contributed by atoms with E-state index in [1.807, 2.05) is 24.3 Å². The van der Waals surface area contributed by atoms with Gasteiger partial charge in [0.25, 0.3) is 0 Å². The summed E-state index contributed by atoms with van der Waals surface area (Å²) in [6.45, 7) is 0. The van der Waals surface area contributed by atoms with Gasteiger partial charge in [-0.3, -0.25) is 11.8 Å². The molecule has 1 heterocycles. The third-order valence-corrected chi connectivity index (χ3v) is 17.6. The van der Waals surface area contributed by atoms with E-state index in [-0.39, 0.29) is 44.8 Å². The quantitative estimate of drug-likeness (QED) is 0.0677. The van der Waals surface area contributed by atoms with Crippen LogP contribution in [0.3, 0.4) is 0 Å². The van der Waals surface area contributed by atoms with Gasteiger partial charge < -0.3 is 17.4 Å². The normalized spacial score (nSPS) is 10.8. The summed E-state index contributed by atoms with van der Waals surface area (Å²) < 4.78 is 2.16. The maximum absolute atomic E-state index is 7.16. The molecule has 0 radical (unpaired) electrons. The number of aryl methyl sites for hydroxylation is 1. The zero-order valence-electron chi connectivity index (χ0n) is 35.7. The van der Waals surface area contributed by atoms with E-state index in [4.69, 9.17) is 12.8 Å². The van der Waals surface area contributed by atoms with E-state index in [1.54, 1.807) is 0 Å². The standard InChI is InChI=1S/C30H24P2.C15H10N.C15H9.2Au/c1-5-15-25(16-6-1)31(26-17-7-2-8-18-26)29-23-13-14-24-30(29)32(27-19-9-3-10-20-27)28-21-11-4-12-22-28;1-3-11-8-9-13-12-6-4-5-7-14(12)16(2)15(13)10-11;1-2-11-7-8-15-13(9-11)10-12-5-3-4-6-14(12)15;;/h1-24H;4-10H,2H3;3-9H,10H2;;/q;2*-1;2*+1/p+2. The molecule has 0 unspecified atom stereocenters. The van der Waals surface area contributed by atoms with Crippen molar-refractivity contribution in [1.82, 2.24) is 4.57 Å². The van der Waals surface area contributed by atoms with Gasteiger partial charge in [0.2, 0.25) is 0 Å². The summed E-state index contributed by atoms with van der Waals surface area (Å²) in [4.78, 5) is 0. The minimum atomic E-state index is -1.14. The van der Waals surface area contributed by atoms with Crippen molar-refractivity contribution in [2.24, 2.45) is 7.05 Å². The summed E-state index contributed by atoms with van der Waals surface area (Å²) in [5, 5.41) is 11.2. The average Bonchev–Trinajstić information content (AvgIpc) is 3.87. The van der Waals surface area contributed by atoms with Crippen LogP contribution in [0.25, 0.3) is 32.9 Å². The van der Waals surface area contributed by atoms with Crippen LogP contribution in [0.15, 0.2) is 231 Å². The van der Waals surface area contributed by atoms with Crippen LogP contribution in [0, 0.1) is 24.7 Å². The molecule has 0 saturated carbocycles. The summed E-state index contributed by atoms with van der Waals surface area (Å²) in [7, 11) is -0.226. The van der Waals surface area contributed by atoms with E-state index >= 15 is 0 Å². The van der Waals surface area contributed by atoms with E-state index in [2.05, 4.69) is 230 Å². The second-order valence-electron chi connectivity index (χ2n) is 15.5.